The van der Waals surface area contributed by atoms with Crippen LogP contribution in [0.1, 0.15) is 24.1 Å². The summed E-state index contributed by atoms with van der Waals surface area (Å²) in [6, 6.07) is 1.97. The summed E-state index contributed by atoms with van der Waals surface area (Å²) in [6.07, 6.45) is 3.50. The van der Waals surface area contributed by atoms with Crippen LogP contribution in [0, 0.1) is 0 Å². The third-order valence-corrected chi connectivity index (χ3v) is 7.25. The molecule has 3 rings (SSSR count). The highest BCUT2D eigenvalue weighted by Crippen LogP contribution is 2.29. The number of nitrogens with zero attached hydrogens (tertiary/aromatic N) is 2. The summed E-state index contributed by atoms with van der Waals surface area (Å²) < 4.78 is 27.0. The number of fused-ring (bicyclic) bond motifs is 1. The Balaban J connectivity index is 1.82. The summed E-state index contributed by atoms with van der Waals surface area (Å²) >= 11 is 1.30. The van der Waals surface area contributed by atoms with Gasteiger partial charge in [0.15, 0.2) is 0 Å². The molecule has 0 radical (unpaired) electrons. The van der Waals surface area contributed by atoms with Crippen LogP contribution in [0.15, 0.2) is 16.3 Å². The largest absolute Gasteiger partial charge is 0.391 e. The number of rotatable bonds is 3. The third-order valence-electron chi connectivity index (χ3n) is 4.27. The molecule has 0 saturated carbocycles. The first-order chi connectivity index (χ1) is 9.63. The van der Waals surface area contributed by atoms with Crippen molar-refractivity contribution in [3.8, 4) is 0 Å². The lowest BCUT2D eigenvalue weighted by Crippen LogP contribution is -2.56. The van der Waals surface area contributed by atoms with Gasteiger partial charge in [0.05, 0.1) is 11.5 Å². The lowest BCUT2D eigenvalue weighted by Gasteiger charge is -2.43. The van der Waals surface area contributed by atoms with E-state index in [2.05, 4.69) is 4.90 Å². The molecule has 3 heterocycles. The fraction of sp³-hybridized carbons (Fsp3) is 0.692. The van der Waals surface area contributed by atoms with E-state index < -0.39 is 10.0 Å². The van der Waals surface area contributed by atoms with Crippen LogP contribution in [-0.4, -0.2) is 55.0 Å². The van der Waals surface area contributed by atoms with Crippen molar-refractivity contribution in [1.29, 1.82) is 0 Å². The zero-order valence-electron chi connectivity index (χ0n) is 11.4. The van der Waals surface area contributed by atoms with Crippen molar-refractivity contribution in [3.63, 3.8) is 0 Å². The van der Waals surface area contributed by atoms with E-state index in [0.717, 1.165) is 19.5 Å². The summed E-state index contributed by atoms with van der Waals surface area (Å²) in [7, 11) is -3.45. The van der Waals surface area contributed by atoms with Crippen molar-refractivity contribution in [3.05, 3.63) is 16.3 Å². The Morgan fingerprint density at radius 3 is 2.95 bits per heavy atom. The monoisotopic (exact) mass is 316 g/mol. The predicted octanol–water partition coefficient (Wildman–Crippen LogP) is 1.10. The second-order valence-corrected chi connectivity index (χ2v) is 8.32. The highest BCUT2D eigenvalue weighted by atomic mass is 32.2. The lowest BCUT2D eigenvalue weighted by molar-refractivity contribution is 0.0851. The molecule has 0 aliphatic carbocycles. The zero-order valence-corrected chi connectivity index (χ0v) is 13.0. The standard InChI is InChI=1S/C13H20N2O3S2/c16-10-12-13(4-8-19-12)20(17,18)15-7-6-14-5-2-1-3-11(14)9-15/h4,8,11,16H,1-3,5-7,9-10H2. The Bertz CT molecular complexity index is 570. The molecule has 1 N–H and O–H groups in total. The number of sulfonamides is 1. The highest BCUT2D eigenvalue weighted by molar-refractivity contribution is 7.89. The predicted molar refractivity (Wildman–Crippen MR) is 78.2 cm³/mol. The SMILES string of the molecule is O=S(=O)(c1ccsc1CO)N1CCN2CCCCC2C1. The number of aliphatic hydroxyl groups excluding tert-OH is 1. The average Bonchev–Trinajstić information content (AvgIpc) is 2.96. The lowest BCUT2D eigenvalue weighted by atomic mass is 10.0. The van der Waals surface area contributed by atoms with Gasteiger partial charge >= 0.3 is 0 Å². The first-order valence-electron chi connectivity index (χ1n) is 7.04. The topological polar surface area (TPSA) is 60.9 Å². The zero-order chi connectivity index (χ0) is 14.2. The van der Waals surface area contributed by atoms with Crippen molar-refractivity contribution in [2.24, 2.45) is 0 Å². The minimum Gasteiger partial charge on any atom is -0.391 e. The normalized spacial score (nSPS) is 25.6. The molecule has 1 unspecified atom stereocenters. The minimum atomic E-state index is -3.45. The van der Waals surface area contributed by atoms with Crippen molar-refractivity contribution < 1.29 is 13.5 Å². The first kappa shape index (κ1) is 14.5. The molecule has 2 aliphatic heterocycles. The summed E-state index contributed by atoms with van der Waals surface area (Å²) in [5.74, 6) is 0. The van der Waals surface area contributed by atoms with E-state index in [1.54, 1.807) is 15.8 Å². The number of piperazine rings is 1. The van der Waals surface area contributed by atoms with Gasteiger partial charge < -0.3 is 5.11 Å². The van der Waals surface area contributed by atoms with Crippen LogP contribution in [0.2, 0.25) is 0 Å². The van der Waals surface area contributed by atoms with Gasteiger partial charge in [-0.2, -0.15) is 4.31 Å². The Morgan fingerprint density at radius 1 is 1.30 bits per heavy atom. The van der Waals surface area contributed by atoms with Crippen molar-refractivity contribution in [2.45, 2.75) is 36.8 Å². The number of hydrogen-bond acceptors (Lipinski definition) is 5. The molecule has 2 fully saturated rings. The van der Waals surface area contributed by atoms with Gasteiger partial charge in [0.25, 0.3) is 0 Å². The van der Waals surface area contributed by atoms with E-state index in [1.165, 1.54) is 24.2 Å². The van der Waals surface area contributed by atoms with Crippen molar-refractivity contribution in [1.82, 2.24) is 9.21 Å². The quantitative estimate of drug-likeness (QED) is 0.907. The molecular weight excluding hydrogens is 296 g/mol. The molecule has 2 aliphatic rings. The Hall–Kier alpha value is -0.470. The van der Waals surface area contributed by atoms with Crippen LogP contribution in [-0.2, 0) is 16.6 Å². The molecule has 2 saturated heterocycles. The number of piperidine rings is 1. The van der Waals surface area contributed by atoms with Crippen LogP contribution in [0.4, 0.5) is 0 Å². The van der Waals surface area contributed by atoms with Crippen LogP contribution in [0.25, 0.3) is 0 Å². The average molecular weight is 316 g/mol. The molecule has 1 aromatic heterocycles. The van der Waals surface area contributed by atoms with Crippen LogP contribution < -0.4 is 0 Å². The van der Waals surface area contributed by atoms with Gasteiger partial charge in [0, 0.05) is 30.6 Å². The first-order valence-corrected chi connectivity index (χ1v) is 9.36. The molecule has 5 nitrogen and oxygen atoms in total. The van der Waals surface area contributed by atoms with Gasteiger partial charge in [-0.15, -0.1) is 11.3 Å². The molecule has 0 bridgehead atoms. The van der Waals surface area contributed by atoms with Crippen molar-refractivity contribution >= 4 is 21.4 Å². The van der Waals surface area contributed by atoms with Gasteiger partial charge in [-0.25, -0.2) is 8.42 Å². The summed E-state index contributed by atoms with van der Waals surface area (Å²) in [5, 5.41) is 11.0. The Morgan fingerprint density at radius 2 is 2.15 bits per heavy atom. The molecular formula is C13H20N2O3S2. The van der Waals surface area contributed by atoms with Crippen molar-refractivity contribution in [2.75, 3.05) is 26.2 Å². The summed E-state index contributed by atoms with van der Waals surface area (Å²) in [5.41, 5.74) is 0. The van der Waals surface area contributed by atoms with Gasteiger partial charge in [-0.05, 0) is 30.8 Å². The number of hydrogen-bond donors (Lipinski definition) is 1. The maximum absolute atomic E-state index is 12.7. The van der Waals surface area contributed by atoms with E-state index in [9.17, 15) is 13.5 Å². The van der Waals surface area contributed by atoms with Gasteiger partial charge in [-0.3, -0.25) is 4.90 Å². The molecule has 1 aromatic rings. The number of thiophene rings is 1. The second-order valence-electron chi connectivity index (χ2n) is 5.41. The van der Waals surface area contributed by atoms with Crippen LogP contribution >= 0.6 is 11.3 Å². The maximum atomic E-state index is 12.7. The Labute approximate surface area is 123 Å². The maximum Gasteiger partial charge on any atom is 0.244 e. The molecule has 0 aromatic carbocycles. The van der Waals surface area contributed by atoms with E-state index in [0.29, 0.717) is 24.0 Å². The van der Waals surface area contributed by atoms with Gasteiger partial charge in [0.2, 0.25) is 10.0 Å². The Kier molecular flexibility index (Phi) is 4.14. The van der Waals surface area contributed by atoms with Gasteiger partial charge in [0.1, 0.15) is 0 Å². The van der Waals surface area contributed by atoms with Crippen LogP contribution in [0.3, 0.4) is 0 Å². The molecule has 7 heteroatoms. The molecule has 112 valence electrons. The fourth-order valence-electron chi connectivity index (χ4n) is 3.16. The van der Waals surface area contributed by atoms with E-state index in [4.69, 9.17) is 0 Å². The fourth-order valence-corrected chi connectivity index (χ4v) is 5.89. The molecule has 1 atom stereocenters. The highest BCUT2D eigenvalue weighted by Gasteiger charge is 2.36. The summed E-state index contributed by atoms with van der Waals surface area (Å²) in [6.45, 7) is 2.85. The molecule has 0 amide bonds. The van der Waals surface area contributed by atoms with Gasteiger partial charge in [-0.1, -0.05) is 6.42 Å². The van der Waals surface area contributed by atoms with Crippen LogP contribution in [0.5, 0.6) is 0 Å². The smallest absolute Gasteiger partial charge is 0.244 e. The second kappa shape index (κ2) is 5.73. The van der Waals surface area contributed by atoms with E-state index in [-0.39, 0.29) is 11.5 Å². The molecule has 0 spiro atoms. The van der Waals surface area contributed by atoms with E-state index >= 15 is 0 Å². The third kappa shape index (κ3) is 2.53. The number of aliphatic hydroxyl groups is 1. The molecule has 20 heavy (non-hydrogen) atoms. The minimum absolute atomic E-state index is 0.213. The van der Waals surface area contributed by atoms with E-state index in [1.807, 2.05) is 0 Å². The summed E-state index contributed by atoms with van der Waals surface area (Å²) in [4.78, 5) is 3.24.